The third kappa shape index (κ3) is 14.0. The average molecular weight is 666 g/mol. The van der Waals surface area contributed by atoms with Crippen LogP contribution >= 0.6 is 0 Å². The number of amides is 2. The molecule has 0 spiro atoms. The topological polar surface area (TPSA) is 63.7 Å². The Morgan fingerprint density at radius 3 is 1.61 bits per heavy atom. The molecule has 0 unspecified atom stereocenters. The minimum Gasteiger partial charge on any atom is -0.494 e. The summed E-state index contributed by atoms with van der Waals surface area (Å²) in [5, 5.41) is 0. The van der Waals surface area contributed by atoms with Crippen LogP contribution in [0.15, 0.2) is 91.0 Å². The maximum absolute atomic E-state index is 13.0. The van der Waals surface area contributed by atoms with Crippen molar-refractivity contribution in [1.29, 1.82) is 0 Å². The first-order valence-electron chi connectivity index (χ1n) is 18.4. The molecule has 5 nitrogen and oxygen atoms in total. The molecule has 6 heteroatoms. The Labute approximate surface area is 292 Å². The molecule has 0 atom stereocenters. The lowest BCUT2D eigenvalue weighted by molar-refractivity contribution is -0.119. The number of aryl methyl sites for hydroxylation is 1. The Bertz CT molecular complexity index is 1470. The summed E-state index contributed by atoms with van der Waals surface area (Å²) in [4.78, 5) is 37.0. The molecular formula is C43H52FNO4. The van der Waals surface area contributed by atoms with Gasteiger partial charge in [0.1, 0.15) is 11.6 Å². The van der Waals surface area contributed by atoms with Crippen molar-refractivity contribution >= 4 is 29.4 Å². The van der Waals surface area contributed by atoms with Crippen LogP contribution in [0.2, 0.25) is 0 Å². The highest BCUT2D eigenvalue weighted by atomic mass is 19.1. The van der Waals surface area contributed by atoms with Gasteiger partial charge in [-0.05, 0) is 85.0 Å². The summed E-state index contributed by atoms with van der Waals surface area (Å²) >= 11 is 0. The molecule has 3 aromatic rings. The van der Waals surface area contributed by atoms with Crippen LogP contribution < -0.4 is 9.64 Å². The zero-order valence-corrected chi connectivity index (χ0v) is 28.9. The first-order chi connectivity index (χ1) is 24.0. The quantitative estimate of drug-likeness (QED) is 0.0413. The van der Waals surface area contributed by atoms with Gasteiger partial charge in [0.25, 0.3) is 11.8 Å². The van der Waals surface area contributed by atoms with Crippen LogP contribution in [-0.2, 0) is 16.0 Å². The van der Waals surface area contributed by atoms with Gasteiger partial charge in [-0.1, -0.05) is 120 Å². The number of allylic oxidation sites excluding steroid dienone is 1. The smallest absolute Gasteiger partial charge is 0.258 e. The van der Waals surface area contributed by atoms with Crippen molar-refractivity contribution in [3.8, 4) is 5.75 Å². The van der Waals surface area contributed by atoms with Crippen LogP contribution in [0.25, 0.3) is 6.08 Å². The SMILES string of the molecule is O=C(/C=C/c1ccc(OCCCCCCCCCCCCCCCCCCc2ccc(N3C(=O)C=CC3=O)cc2)cc1)c1ccc(F)cc1. The summed E-state index contributed by atoms with van der Waals surface area (Å²) in [6, 6.07) is 21.1. The summed E-state index contributed by atoms with van der Waals surface area (Å²) in [5.41, 5.74) is 3.29. The van der Waals surface area contributed by atoms with Crippen molar-refractivity contribution in [3.63, 3.8) is 0 Å². The van der Waals surface area contributed by atoms with E-state index >= 15 is 0 Å². The maximum atomic E-state index is 13.0. The van der Waals surface area contributed by atoms with E-state index in [9.17, 15) is 18.8 Å². The van der Waals surface area contributed by atoms with E-state index in [1.54, 1.807) is 6.08 Å². The molecule has 0 saturated heterocycles. The van der Waals surface area contributed by atoms with Gasteiger partial charge in [-0.25, -0.2) is 9.29 Å². The zero-order valence-electron chi connectivity index (χ0n) is 28.9. The molecule has 2 amide bonds. The minimum absolute atomic E-state index is 0.152. The number of benzene rings is 3. The molecule has 1 aliphatic rings. The Balaban J connectivity index is 0.882. The number of rotatable bonds is 24. The van der Waals surface area contributed by atoms with Gasteiger partial charge < -0.3 is 4.74 Å². The van der Waals surface area contributed by atoms with Crippen molar-refractivity contribution < 1.29 is 23.5 Å². The molecule has 0 N–H and O–H groups in total. The van der Waals surface area contributed by atoms with Gasteiger partial charge in [0.05, 0.1) is 12.3 Å². The average Bonchev–Trinajstić information content (AvgIpc) is 3.46. The fraction of sp³-hybridized carbons (Fsp3) is 0.419. The first-order valence-corrected chi connectivity index (χ1v) is 18.4. The molecule has 1 heterocycles. The molecule has 0 aromatic heterocycles. The number of ketones is 1. The second kappa shape index (κ2) is 21.6. The standard InChI is InChI=1S/C43H52FNO4/c44-38-25-23-37(24-26-38)41(46)31-22-36-20-29-40(30-21-36)49-34-16-14-12-10-8-6-4-2-1-3-5-7-9-11-13-15-17-35-18-27-39(28-19-35)45-42(47)32-33-43(45)48/h18-33H,1-17,34H2/b31-22+. The largest absolute Gasteiger partial charge is 0.494 e. The van der Waals surface area contributed by atoms with Gasteiger partial charge in [0.2, 0.25) is 0 Å². The number of hydrogen-bond acceptors (Lipinski definition) is 4. The van der Waals surface area contributed by atoms with Crippen LogP contribution in [0, 0.1) is 5.82 Å². The number of nitrogens with zero attached hydrogens (tertiary/aromatic N) is 1. The van der Waals surface area contributed by atoms with Gasteiger partial charge in [-0.15, -0.1) is 0 Å². The first kappa shape index (κ1) is 37.5. The van der Waals surface area contributed by atoms with Crippen LogP contribution in [0.5, 0.6) is 5.75 Å². The molecule has 4 rings (SSSR count). The van der Waals surface area contributed by atoms with Crippen LogP contribution in [0.1, 0.15) is 124 Å². The molecule has 0 fully saturated rings. The Morgan fingerprint density at radius 2 is 1.08 bits per heavy atom. The number of hydrogen-bond donors (Lipinski definition) is 0. The fourth-order valence-corrected chi connectivity index (χ4v) is 6.12. The third-order valence-electron chi connectivity index (χ3n) is 9.07. The van der Waals surface area contributed by atoms with Gasteiger partial charge in [-0.2, -0.15) is 0 Å². The summed E-state index contributed by atoms with van der Waals surface area (Å²) < 4.78 is 18.9. The van der Waals surface area contributed by atoms with E-state index in [0.717, 1.165) is 30.8 Å². The molecule has 0 saturated carbocycles. The molecule has 0 radical (unpaired) electrons. The van der Waals surface area contributed by atoms with Crippen molar-refractivity contribution in [3.05, 3.63) is 114 Å². The number of carbonyl (C=O) groups excluding carboxylic acids is 3. The number of unbranched alkanes of at least 4 members (excludes halogenated alkanes) is 15. The summed E-state index contributed by atoms with van der Waals surface area (Å²) in [5.74, 6) is -0.200. The van der Waals surface area contributed by atoms with Gasteiger partial charge >= 0.3 is 0 Å². The van der Waals surface area contributed by atoms with E-state index in [1.165, 1.54) is 149 Å². The van der Waals surface area contributed by atoms with E-state index in [0.29, 0.717) is 11.3 Å². The lowest BCUT2D eigenvalue weighted by Gasteiger charge is -2.14. The highest BCUT2D eigenvalue weighted by Gasteiger charge is 2.24. The van der Waals surface area contributed by atoms with E-state index < -0.39 is 0 Å². The summed E-state index contributed by atoms with van der Waals surface area (Å²) in [6.07, 6.45) is 27.7. The predicted octanol–water partition coefficient (Wildman–Crippen LogP) is 11.0. The van der Waals surface area contributed by atoms with Crippen molar-refractivity contribution in [1.82, 2.24) is 0 Å². The van der Waals surface area contributed by atoms with Crippen LogP contribution in [-0.4, -0.2) is 24.2 Å². The molecule has 260 valence electrons. The summed E-state index contributed by atoms with van der Waals surface area (Å²) in [7, 11) is 0. The molecular weight excluding hydrogens is 613 g/mol. The van der Waals surface area contributed by atoms with Crippen LogP contribution in [0.4, 0.5) is 10.1 Å². The summed E-state index contributed by atoms with van der Waals surface area (Å²) in [6.45, 7) is 0.722. The van der Waals surface area contributed by atoms with Crippen molar-refractivity contribution in [2.45, 2.75) is 109 Å². The van der Waals surface area contributed by atoms with Crippen molar-refractivity contribution in [2.75, 3.05) is 11.5 Å². The number of carbonyl (C=O) groups is 3. The lowest BCUT2D eigenvalue weighted by Crippen LogP contribution is -2.29. The van der Waals surface area contributed by atoms with E-state index in [4.69, 9.17) is 4.74 Å². The zero-order chi connectivity index (χ0) is 34.5. The van der Waals surface area contributed by atoms with Crippen LogP contribution in [0.3, 0.4) is 0 Å². The van der Waals surface area contributed by atoms with E-state index in [-0.39, 0.29) is 23.4 Å². The van der Waals surface area contributed by atoms with E-state index in [2.05, 4.69) is 0 Å². The van der Waals surface area contributed by atoms with Gasteiger partial charge in [0, 0.05) is 17.7 Å². The second-order valence-corrected chi connectivity index (χ2v) is 13.0. The van der Waals surface area contributed by atoms with Crippen molar-refractivity contribution in [2.24, 2.45) is 0 Å². The molecule has 3 aromatic carbocycles. The Hall–Kier alpha value is -4.32. The molecule has 49 heavy (non-hydrogen) atoms. The Morgan fingerprint density at radius 1 is 0.592 bits per heavy atom. The van der Waals surface area contributed by atoms with Gasteiger partial charge in [-0.3, -0.25) is 14.4 Å². The number of imide groups is 1. The molecule has 0 bridgehead atoms. The minimum atomic E-state index is -0.351. The molecule has 1 aliphatic heterocycles. The highest BCUT2D eigenvalue weighted by molar-refractivity contribution is 6.28. The Kier molecular flexibility index (Phi) is 16.5. The number of ether oxygens (including phenoxy) is 1. The third-order valence-corrected chi connectivity index (χ3v) is 9.07. The lowest BCUT2D eigenvalue weighted by atomic mass is 10.0. The molecule has 0 aliphatic carbocycles. The second-order valence-electron chi connectivity index (χ2n) is 13.0. The highest BCUT2D eigenvalue weighted by Crippen LogP contribution is 2.21. The maximum Gasteiger partial charge on any atom is 0.258 e. The predicted molar refractivity (Wildman–Crippen MR) is 197 cm³/mol. The number of anilines is 1. The fourth-order valence-electron chi connectivity index (χ4n) is 6.12. The normalized spacial score (nSPS) is 12.8. The van der Waals surface area contributed by atoms with Gasteiger partial charge in [0.15, 0.2) is 5.78 Å². The monoisotopic (exact) mass is 665 g/mol. The van der Waals surface area contributed by atoms with E-state index in [1.807, 2.05) is 48.5 Å². The number of halogens is 1.